The van der Waals surface area contributed by atoms with Crippen molar-refractivity contribution in [1.82, 2.24) is 0 Å². The summed E-state index contributed by atoms with van der Waals surface area (Å²) in [6.07, 6.45) is -24.0. The summed E-state index contributed by atoms with van der Waals surface area (Å²) in [6, 6.07) is 0. The number of rotatable bonds is 6. The first-order chi connectivity index (χ1) is 15.5. The maximum absolute atomic E-state index is 10.5. The van der Waals surface area contributed by atoms with E-state index in [1.807, 2.05) is 0 Å². The minimum atomic E-state index is -1.88. The summed E-state index contributed by atoms with van der Waals surface area (Å²) >= 11 is 0. The van der Waals surface area contributed by atoms with Crippen molar-refractivity contribution in [3.63, 3.8) is 0 Å². The van der Waals surface area contributed by atoms with Gasteiger partial charge in [0.1, 0.15) is 67.1 Å². The van der Waals surface area contributed by atoms with Gasteiger partial charge in [-0.25, -0.2) is 0 Å². The topological polar surface area (TPSA) is 248 Å². The molecule has 3 aliphatic rings. The average molecular weight is 488 g/mol. The highest BCUT2D eigenvalue weighted by atomic mass is 16.8. The molecule has 15 heteroatoms. The summed E-state index contributed by atoms with van der Waals surface area (Å²) in [5.41, 5.74) is 0. The van der Waals surface area contributed by atoms with Crippen molar-refractivity contribution in [3.05, 3.63) is 0 Å². The standard InChI is InChI=1S/C18H32O15/c1-4-7(21)9(23)11(25)17(29-4)33-15-13(27)16(28)30-6(3-20)14(15)32-18-12(26)10(24)8(22)5(2-19)31-18/h4-28H,2-3H2,1H3/t4?,5?,6?,7-,8+,9+,10+,11?,12?,13?,14-,15-,16-,17+,18+/m1/s1. The highest BCUT2D eigenvalue weighted by Gasteiger charge is 2.53. The van der Waals surface area contributed by atoms with Gasteiger partial charge in [-0.05, 0) is 6.92 Å². The molecule has 3 heterocycles. The Balaban J connectivity index is 1.83. The lowest BCUT2D eigenvalue weighted by Crippen LogP contribution is -2.66. The maximum atomic E-state index is 10.5. The smallest absolute Gasteiger partial charge is 0.187 e. The Kier molecular flexibility index (Phi) is 8.99. The van der Waals surface area contributed by atoms with Crippen molar-refractivity contribution in [3.8, 4) is 0 Å². The Labute approximate surface area is 187 Å². The van der Waals surface area contributed by atoms with Crippen molar-refractivity contribution in [2.75, 3.05) is 13.2 Å². The van der Waals surface area contributed by atoms with Gasteiger partial charge in [-0.2, -0.15) is 0 Å². The van der Waals surface area contributed by atoms with E-state index in [0.29, 0.717) is 0 Å². The molecule has 3 saturated heterocycles. The molecule has 0 aromatic rings. The van der Waals surface area contributed by atoms with Crippen LogP contribution in [0.15, 0.2) is 0 Å². The molecule has 0 aromatic carbocycles. The van der Waals surface area contributed by atoms with Gasteiger partial charge in [0.05, 0.1) is 19.3 Å². The van der Waals surface area contributed by atoms with Gasteiger partial charge in [0, 0.05) is 0 Å². The van der Waals surface area contributed by atoms with Crippen LogP contribution >= 0.6 is 0 Å². The van der Waals surface area contributed by atoms with Gasteiger partial charge in [-0.1, -0.05) is 0 Å². The molecule has 0 radical (unpaired) electrons. The van der Waals surface area contributed by atoms with Gasteiger partial charge in [-0.3, -0.25) is 0 Å². The first-order valence-corrected chi connectivity index (χ1v) is 10.4. The van der Waals surface area contributed by atoms with Crippen molar-refractivity contribution in [2.45, 2.75) is 99.0 Å². The molecule has 0 aromatic heterocycles. The molecule has 15 nitrogen and oxygen atoms in total. The van der Waals surface area contributed by atoms with Crippen LogP contribution in [-0.4, -0.2) is 156 Å². The third-order valence-corrected chi connectivity index (χ3v) is 6.05. The number of hydrogen-bond donors (Lipinski definition) is 10. The van der Waals surface area contributed by atoms with E-state index in [-0.39, 0.29) is 0 Å². The van der Waals surface area contributed by atoms with Crippen molar-refractivity contribution < 1.29 is 74.7 Å². The van der Waals surface area contributed by atoms with Crippen molar-refractivity contribution in [1.29, 1.82) is 0 Å². The van der Waals surface area contributed by atoms with E-state index in [2.05, 4.69) is 0 Å². The van der Waals surface area contributed by atoms with Crippen LogP contribution in [0.25, 0.3) is 0 Å². The SMILES string of the molecule is CC1O[C@@H](O[C@@H]2C(O)[C@H](O)OC(CO)[C@H]2O[C@@H]2OC(CO)[C@H](O)[C@H](O)C2O)C(O)[C@@H](O)[C@@H]1O. The first kappa shape index (κ1) is 27.0. The number of aliphatic hydroxyl groups excluding tert-OH is 10. The maximum Gasteiger partial charge on any atom is 0.187 e. The van der Waals surface area contributed by atoms with Gasteiger partial charge in [0.2, 0.25) is 0 Å². The molecule has 194 valence electrons. The van der Waals surface area contributed by atoms with Gasteiger partial charge in [0.25, 0.3) is 0 Å². The minimum absolute atomic E-state index is 0.739. The molecule has 0 saturated carbocycles. The lowest BCUT2D eigenvalue weighted by molar-refractivity contribution is -0.382. The second kappa shape index (κ2) is 11.0. The molecule has 15 atom stereocenters. The monoisotopic (exact) mass is 488 g/mol. The van der Waals surface area contributed by atoms with E-state index in [1.165, 1.54) is 6.92 Å². The second-order valence-corrected chi connectivity index (χ2v) is 8.32. The van der Waals surface area contributed by atoms with Crippen LogP contribution in [-0.2, 0) is 23.7 Å². The molecule has 3 aliphatic heterocycles. The molecule has 33 heavy (non-hydrogen) atoms. The zero-order valence-corrected chi connectivity index (χ0v) is 17.6. The highest BCUT2D eigenvalue weighted by molar-refractivity contribution is 4.96. The summed E-state index contributed by atoms with van der Waals surface area (Å²) in [5, 5.41) is 99.8. The Hall–Kier alpha value is -0.600. The fraction of sp³-hybridized carbons (Fsp3) is 1.00. The molecule has 0 bridgehead atoms. The van der Waals surface area contributed by atoms with E-state index in [0.717, 1.165) is 0 Å². The van der Waals surface area contributed by atoms with Crippen LogP contribution in [0.4, 0.5) is 0 Å². The van der Waals surface area contributed by atoms with Crippen LogP contribution in [0.1, 0.15) is 6.92 Å². The predicted molar refractivity (Wildman–Crippen MR) is 99.8 cm³/mol. The summed E-state index contributed by atoms with van der Waals surface area (Å²) < 4.78 is 26.9. The molecule has 0 aliphatic carbocycles. The fourth-order valence-electron chi connectivity index (χ4n) is 3.99. The molecule has 3 rings (SSSR count). The third kappa shape index (κ3) is 5.32. The van der Waals surface area contributed by atoms with Crippen molar-refractivity contribution >= 4 is 0 Å². The van der Waals surface area contributed by atoms with Crippen LogP contribution in [0.3, 0.4) is 0 Å². The van der Waals surface area contributed by atoms with Crippen LogP contribution in [0, 0.1) is 0 Å². The molecule has 3 fully saturated rings. The van der Waals surface area contributed by atoms with Gasteiger partial charge < -0.3 is 74.7 Å². The van der Waals surface area contributed by atoms with E-state index in [4.69, 9.17) is 23.7 Å². The summed E-state index contributed by atoms with van der Waals surface area (Å²) in [6.45, 7) is -0.127. The van der Waals surface area contributed by atoms with Crippen LogP contribution < -0.4 is 0 Å². The lowest BCUT2D eigenvalue weighted by Gasteiger charge is -2.48. The van der Waals surface area contributed by atoms with E-state index in [9.17, 15) is 51.1 Å². The zero-order chi connectivity index (χ0) is 24.6. The van der Waals surface area contributed by atoms with E-state index >= 15 is 0 Å². The van der Waals surface area contributed by atoms with E-state index < -0.39 is 105 Å². The van der Waals surface area contributed by atoms with Crippen molar-refractivity contribution in [2.24, 2.45) is 0 Å². The number of aliphatic hydroxyl groups is 10. The summed E-state index contributed by atoms with van der Waals surface area (Å²) in [7, 11) is 0. The van der Waals surface area contributed by atoms with Gasteiger partial charge in [-0.15, -0.1) is 0 Å². The number of ether oxygens (including phenoxy) is 5. The molecule has 0 amide bonds. The summed E-state index contributed by atoms with van der Waals surface area (Å²) in [5.74, 6) is 0. The Morgan fingerprint density at radius 2 is 1.06 bits per heavy atom. The molecular formula is C18H32O15. The molecule has 10 N–H and O–H groups in total. The van der Waals surface area contributed by atoms with Crippen LogP contribution in [0.2, 0.25) is 0 Å². The Morgan fingerprint density at radius 1 is 0.545 bits per heavy atom. The third-order valence-electron chi connectivity index (χ3n) is 6.05. The lowest BCUT2D eigenvalue weighted by atomic mass is 9.96. The van der Waals surface area contributed by atoms with Gasteiger partial charge in [0.15, 0.2) is 18.9 Å². The molecule has 0 spiro atoms. The largest absolute Gasteiger partial charge is 0.394 e. The summed E-state index contributed by atoms with van der Waals surface area (Å²) in [4.78, 5) is 0. The fourth-order valence-corrected chi connectivity index (χ4v) is 3.99. The Morgan fingerprint density at radius 3 is 1.64 bits per heavy atom. The minimum Gasteiger partial charge on any atom is -0.394 e. The zero-order valence-electron chi connectivity index (χ0n) is 17.6. The quantitative estimate of drug-likeness (QED) is 0.167. The highest BCUT2D eigenvalue weighted by Crippen LogP contribution is 2.32. The molecular weight excluding hydrogens is 456 g/mol. The number of hydrogen-bond acceptors (Lipinski definition) is 15. The van der Waals surface area contributed by atoms with Gasteiger partial charge >= 0.3 is 0 Å². The normalized spacial score (nSPS) is 53.7. The predicted octanol–water partition coefficient (Wildman–Crippen LogP) is -6.55. The van der Waals surface area contributed by atoms with E-state index in [1.54, 1.807) is 0 Å². The Bertz CT molecular complexity index is 624. The first-order valence-electron chi connectivity index (χ1n) is 10.4. The van der Waals surface area contributed by atoms with Crippen LogP contribution in [0.5, 0.6) is 0 Å². The molecule has 6 unspecified atom stereocenters. The second-order valence-electron chi connectivity index (χ2n) is 8.32. The average Bonchev–Trinajstić information content (AvgIpc) is 2.80.